The van der Waals surface area contributed by atoms with Gasteiger partial charge in [-0.05, 0) is 42.0 Å². The number of nitrogens with zero attached hydrogens (tertiary/aromatic N) is 4. The molecule has 0 bridgehead atoms. The third-order valence-electron chi connectivity index (χ3n) is 3.13. The van der Waals surface area contributed by atoms with Gasteiger partial charge >= 0.3 is 0 Å². The van der Waals surface area contributed by atoms with Crippen LogP contribution in [0.15, 0.2) is 53.6 Å². The number of H-pyrrole nitrogens is 1. The number of hydrogen-bond acceptors (Lipinski definition) is 4. The molecule has 3 aromatic rings. The van der Waals surface area contributed by atoms with E-state index in [1.54, 1.807) is 36.5 Å². The fraction of sp³-hybridized carbons (Fsp3) is 0. The van der Waals surface area contributed by atoms with Crippen LogP contribution in [0.4, 0.5) is 0 Å². The van der Waals surface area contributed by atoms with Gasteiger partial charge in [-0.2, -0.15) is 20.1 Å². The van der Waals surface area contributed by atoms with Crippen molar-refractivity contribution in [1.29, 1.82) is 5.26 Å². The van der Waals surface area contributed by atoms with Gasteiger partial charge in [-0.3, -0.25) is 0 Å². The largest absolute Gasteiger partial charge is 0.250 e. The van der Waals surface area contributed by atoms with Crippen molar-refractivity contribution in [3.05, 3.63) is 69.5 Å². The second-order valence-corrected chi connectivity index (χ2v) is 5.42. The van der Waals surface area contributed by atoms with Crippen molar-refractivity contribution in [2.75, 3.05) is 0 Å². The maximum Gasteiger partial charge on any atom is 0.216 e. The first-order chi connectivity index (χ1) is 11.2. The lowest BCUT2D eigenvalue weighted by Crippen LogP contribution is -1.95. The van der Waals surface area contributed by atoms with Crippen molar-refractivity contribution in [2.45, 2.75) is 0 Å². The molecule has 0 amide bonds. The summed E-state index contributed by atoms with van der Waals surface area (Å²) in [7, 11) is 0. The van der Waals surface area contributed by atoms with E-state index in [0.717, 1.165) is 11.1 Å². The highest BCUT2D eigenvalue weighted by atomic mass is 35.5. The molecule has 112 valence electrons. The molecule has 1 heterocycles. The van der Waals surface area contributed by atoms with E-state index in [1.807, 2.05) is 18.2 Å². The average Bonchev–Trinajstić information content (AvgIpc) is 2.94. The molecule has 23 heavy (non-hydrogen) atoms. The van der Waals surface area contributed by atoms with Crippen molar-refractivity contribution in [1.82, 2.24) is 14.9 Å². The minimum Gasteiger partial charge on any atom is -0.250 e. The van der Waals surface area contributed by atoms with E-state index in [1.165, 1.54) is 4.68 Å². The standard InChI is InChI=1S/C16H10ClN5S/c17-14-4-2-1-3-13(14)15-20-21-16(23)22(15)19-10-12-7-5-11(9-18)6-8-12/h1-8,10H,(H,21,23). The third-order valence-corrected chi connectivity index (χ3v) is 3.72. The summed E-state index contributed by atoms with van der Waals surface area (Å²) in [5.41, 5.74) is 2.18. The van der Waals surface area contributed by atoms with Gasteiger partial charge in [0.2, 0.25) is 4.77 Å². The molecular weight excluding hydrogens is 330 g/mol. The molecule has 0 fully saturated rings. The average molecular weight is 340 g/mol. The Morgan fingerprint density at radius 1 is 1.22 bits per heavy atom. The minimum atomic E-state index is 0.366. The Morgan fingerprint density at radius 3 is 2.65 bits per heavy atom. The van der Waals surface area contributed by atoms with Gasteiger partial charge in [0.25, 0.3) is 0 Å². The number of benzene rings is 2. The molecule has 5 nitrogen and oxygen atoms in total. The minimum absolute atomic E-state index is 0.366. The van der Waals surface area contributed by atoms with Crippen LogP contribution in [0.25, 0.3) is 11.4 Å². The molecular formula is C16H10ClN5S. The van der Waals surface area contributed by atoms with E-state index < -0.39 is 0 Å². The van der Waals surface area contributed by atoms with Crippen molar-refractivity contribution < 1.29 is 0 Å². The number of halogens is 1. The molecule has 0 aliphatic rings. The van der Waals surface area contributed by atoms with Crippen LogP contribution in [0.1, 0.15) is 11.1 Å². The molecule has 3 rings (SSSR count). The summed E-state index contributed by atoms with van der Waals surface area (Å²) in [6.45, 7) is 0. The van der Waals surface area contributed by atoms with Crippen LogP contribution in [0.3, 0.4) is 0 Å². The van der Waals surface area contributed by atoms with Crippen molar-refractivity contribution in [3.8, 4) is 17.5 Å². The van der Waals surface area contributed by atoms with Crippen LogP contribution in [0, 0.1) is 16.1 Å². The predicted molar refractivity (Wildman–Crippen MR) is 92.0 cm³/mol. The Morgan fingerprint density at radius 2 is 1.96 bits per heavy atom. The second kappa shape index (κ2) is 6.57. The van der Waals surface area contributed by atoms with E-state index >= 15 is 0 Å². The topological polar surface area (TPSA) is 69.8 Å². The van der Waals surface area contributed by atoms with E-state index in [0.29, 0.717) is 21.2 Å². The van der Waals surface area contributed by atoms with Crippen molar-refractivity contribution in [3.63, 3.8) is 0 Å². The summed E-state index contributed by atoms with van der Waals surface area (Å²) in [6, 6.07) is 16.5. The summed E-state index contributed by atoms with van der Waals surface area (Å²) in [6.07, 6.45) is 1.65. The number of nitrogens with one attached hydrogen (secondary N) is 1. The summed E-state index contributed by atoms with van der Waals surface area (Å²) >= 11 is 11.4. The number of hydrogen-bond donors (Lipinski definition) is 1. The first-order valence-electron chi connectivity index (χ1n) is 6.66. The quantitative estimate of drug-likeness (QED) is 0.579. The van der Waals surface area contributed by atoms with Gasteiger partial charge in [0.05, 0.1) is 22.9 Å². The van der Waals surface area contributed by atoms with Gasteiger partial charge in [0, 0.05) is 5.56 Å². The number of nitriles is 1. The van der Waals surface area contributed by atoms with E-state index in [2.05, 4.69) is 21.4 Å². The molecule has 0 radical (unpaired) electrons. The summed E-state index contributed by atoms with van der Waals surface area (Å²) in [4.78, 5) is 0. The lowest BCUT2D eigenvalue weighted by atomic mass is 10.2. The second-order valence-electron chi connectivity index (χ2n) is 4.62. The first kappa shape index (κ1) is 15.2. The van der Waals surface area contributed by atoms with Crippen LogP contribution in [-0.2, 0) is 0 Å². The maximum atomic E-state index is 8.81. The molecule has 2 aromatic carbocycles. The molecule has 1 N–H and O–H groups in total. The molecule has 0 aliphatic heterocycles. The zero-order valence-corrected chi connectivity index (χ0v) is 13.3. The van der Waals surface area contributed by atoms with E-state index in [9.17, 15) is 0 Å². The molecule has 0 saturated heterocycles. The molecule has 7 heteroatoms. The van der Waals surface area contributed by atoms with Gasteiger partial charge in [0.1, 0.15) is 0 Å². The fourth-order valence-corrected chi connectivity index (χ4v) is 2.38. The lowest BCUT2D eigenvalue weighted by Gasteiger charge is -2.03. The third kappa shape index (κ3) is 3.21. The van der Waals surface area contributed by atoms with Gasteiger partial charge in [-0.15, -0.1) is 0 Å². The Kier molecular flexibility index (Phi) is 4.33. The van der Waals surface area contributed by atoms with Crippen LogP contribution >= 0.6 is 23.8 Å². The van der Waals surface area contributed by atoms with Crippen molar-refractivity contribution >= 4 is 30.0 Å². The number of rotatable bonds is 3. The normalized spacial score (nSPS) is 10.8. The Labute approximate surface area is 142 Å². The SMILES string of the molecule is N#Cc1ccc(C=Nn2c(-c3ccccc3Cl)n[nH]c2=S)cc1. The zero-order chi connectivity index (χ0) is 16.2. The molecule has 0 unspecified atom stereocenters. The monoisotopic (exact) mass is 339 g/mol. The van der Waals surface area contributed by atoms with Gasteiger partial charge in [-0.1, -0.05) is 35.9 Å². The molecule has 0 saturated carbocycles. The van der Waals surface area contributed by atoms with E-state index in [4.69, 9.17) is 29.1 Å². The fourth-order valence-electron chi connectivity index (χ4n) is 1.98. The highest BCUT2D eigenvalue weighted by Gasteiger charge is 2.11. The molecule has 0 spiro atoms. The number of aromatic nitrogens is 3. The zero-order valence-electron chi connectivity index (χ0n) is 11.8. The van der Waals surface area contributed by atoms with Gasteiger partial charge in [0.15, 0.2) is 5.82 Å². The summed E-state index contributed by atoms with van der Waals surface area (Å²) < 4.78 is 1.87. The number of aromatic amines is 1. The Balaban J connectivity index is 1.99. The first-order valence-corrected chi connectivity index (χ1v) is 7.44. The summed E-state index contributed by atoms with van der Waals surface area (Å²) in [5.74, 6) is 0.533. The van der Waals surface area contributed by atoms with Crippen molar-refractivity contribution in [2.24, 2.45) is 5.10 Å². The highest BCUT2D eigenvalue weighted by Crippen LogP contribution is 2.25. The highest BCUT2D eigenvalue weighted by molar-refractivity contribution is 7.71. The lowest BCUT2D eigenvalue weighted by molar-refractivity contribution is 0.871. The summed E-state index contributed by atoms with van der Waals surface area (Å²) in [5, 5.41) is 20.6. The van der Waals surface area contributed by atoms with Crippen LogP contribution in [0.2, 0.25) is 5.02 Å². The smallest absolute Gasteiger partial charge is 0.216 e. The van der Waals surface area contributed by atoms with Gasteiger partial charge < -0.3 is 0 Å². The van der Waals surface area contributed by atoms with E-state index in [-0.39, 0.29) is 0 Å². The van der Waals surface area contributed by atoms with Crippen LogP contribution in [0.5, 0.6) is 0 Å². The Bertz CT molecular complexity index is 963. The maximum absolute atomic E-state index is 8.81. The van der Waals surface area contributed by atoms with Crippen LogP contribution in [-0.4, -0.2) is 21.1 Å². The Hall–Kier alpha value is -2.75. The molecule has 1 aromatic heterocycles. The predicted octanol–water partition coefficient (Wildman–Crippen LogP) is 4.01. The molecule has 0 aliphatic carbocycles. The van der Waals surface area contributed by atoms with Crippen LogP contribution < -0.4 is 0 Å². The molecule has 0 atom stereocenters. The van der Waals surface area contributed by atoms with Gasteiger partial charge in [-0.25, -0.2) is 5.10 Å².